The van der Waals surface area contributed by atoms with E-state index in [1.165, 1.54) is 0 Å². The molecule has 0 aliphatic rings. The Balaban J connectivity index is 2.11. The van der Waals surface area contributed by atoms with E-state index in [1.54, 1.807) is 18.3 Å². The number of benzene rings is 1. The van der Waals surface area contributed by atoms with Crippen LogP contribution in [0, 0.1) is 5.92 Å². The number of aromatic nitrogens is 2. The highest BCUT2D eigenvalue weighted by molar-refractivity contribution is 7.92. The summed E-state index contributed by atoms with van der Waals surface area (Å²) in [4.78, 5) is 0. The van der Waals surface area contributed by atoms with Crippen LogP contribution in [-0.4, -0.2) is 24.4 Å². The molecular weight excluding hydrogens is 262 g/mol. The number of hydrogen-bond acceptors (Lipinski definition) is 3. The van der Waals surface area contributed by atoms with Crippen LogP contribution in [0.3, 0.4) is 0 Å². The van der Waals surface area contributed by atoms with Crippen LogP contribution >= 0.6 is 0 Å². The van der Waals surface area contributed by atoms with Crippen LogP contribution in [-0.2, 0) is 10.0 Å². The molecule has 0 spiro atoms. The molecule has 102 valence electrons. The van der Waals surface area contributed by atoms with Crippen molar-refractivity contribution in [3.8, 4) is 11.3 Å². The zero-order valence-corrected chi connectivity index (χ0v) is 11.7. The molecule has 0 fully saturated rings. The van der Waals surface area contributed by atoms with Crippen LogP contribution in [0.1, 0.15) is 13.8 Å². The Bertz CT molecular complexity index is 616. The van der Waals surface area contributed by atoms with Crippen LogP contribution in [0.25, 0.3) is 11.3 Å². The van der Waals surface area contributed by atoms with E-state index in [9.17, 15) is 8.42 Å². The summed E-state index contributed by atoms with van der Waals surface area (Å²) in [6.07, 6.45) is 1.68. The molecule has 0 atom stereocenters. The van der Waals surface area contributed by atoms with Gasteiger partial charge in [-0.25, -0.2) is 8.42 Å². The van der Waals surface area contributed by atoms with Crippen LogP contribution in [0.15, 0.2) is 36.5 Å². The van der Waals surface area contributed by atoms with Gasteiger partial charge in [0.2, 0.25) is 10.0 Å². The lowest BCUT2D eigenvalue weighted by Gasteiger charge is -2.10. The van der Waals surface area contributed by atoms with Gasteiger partial charge in [0.15, 0.2) is 0 Å². The van der Waals surface area contributed by atoms with E-state index in [1.807, 2.05) is 32.0 Å². The van der Waals surface area contributed by atoms with Crippen molar-refractivity contribution in [1.29, 1.82) is 0 Å². The van der Waals surface area contributed by atoms with Crippen molar-refractivity contribution >= 4 is 15.7 Å². The molecule has 2 N–H and O–H groups in total. The number of nitrogens with zero attached hydrogens (tertiary/aromatic N) is 1. The van der Waals surface area contributed by atoms with E-state index in [0.29, 0.717) is 5.69 Å². The number of rotatable bonds is 5. The fraction of sp³-hybridized carbons (Fsp3) is 0.308. The highest BCUT2D eigenvalue weighted by Crippen LogP contribution is 2.19. The second-order valence-electron chi connectivity index (χ2n) is 4.82. The molecule has 2 rings (SSSR count). The first-order chi connectivity index (χ1) is 8.96. The van der Waals surface area contributed by atoms with Gasteiger partial charge in [-0.05, 0) is 29.7 Å². The molecule has 0 bridgehead atoms. The Kier molecular flexibility index (Phi) is 3.90. The summed E-state index contributed by atoms with van der Waals surface area (Å²) < 4.78 is 26.2. The predicted molar refractivity (Wildman–Crippen MR) is 76.3 cm³/mol. The van der Waals surface area contributed by atoms with E-state index in [-0.39, 0.29) is 11.7 Å². The summed E-state index contributed by atoms with van der Waals surface area (Å²) in [7, 11) is -3.27. The second-order valence-corrected chi connectivity index (χ2v) is 6.59. The van der Waals surface area contributed by atoms with Crippen molar-refractivity contribution in [3.05, 3.63) is 36.5 Å². The minimum atomic E-state index is -3.27. The fourth-order valence-electron chi connectivity index (χ4n) is 1.79. The molecule has 0 aliphatic carbocycles. The molecule has 2 aromatic rings. The Morgan fingerprint density at radius 1 is 1.21 bits per heavy atom. The van der Waals surface area contributed by atoms with Gasteiger partial charge in [0.1, 0.15) is 0 Å². The molecule has 0 unspecified atom stereocenters. The standard InChI is InChI=1S/C13H17N3O2S/c1-10(2)9-19(17,18)16-12-5-3-11(4-6-12)13-7-8-14-15-13/h3-8,10,16H,9H2,1-2H3,(H,14,15). The van der Waals surface area contributed by atoms with E-state index in [0.717, 1.165) is 11.3 Å². The maximum Gasteiger partial charge on any atom is 0.232 e. The highest BCUT2D eigenvalue weighted by atomic mass is 32.2. The Labute approximate surface area is 113 Å². The summed E-state index contributed by atoms with van der Waals surface area (Å²) in [5.41, 5.74) is 2.44. The third-order valence-corrected chi connectivity index (χ3v) is 4.17. The molecule has 0 radical (unpaired) electrons. The highest BCUT2D eigenvalue weighted by Gasteiger charge is 2.12. The zero-order chi connectivity index (χ0) is 13.9. The molecule has 1 aromatic carbocycles. The third kappa shape index (κ3) is 3.82. The number of nitrogens with one attached hydrogen (secondary N) is 2. The molecule has 0 saturated carbocycles. The van der Waals surface area contributed by atoms with Crippen LogP contribution in [0.2, 0.25) is 0 Å². The molecule has 6 heteroatoms. The summed E-state index contributed by atoms with van der Waals surface area (Å²) in [5, 5.41) is 6.74. The van der Waals surface area contributed by atoms with E-state index in [2.05, 4.69) is 14.9 Å². The van der Waals surface area contributed by atoms with Crippen molar-refractivity contribution < 1.29 is 8.42 Å². The van der Waals surface area contributed by atoms with E-state index < -0.39 is 10.0 Å². The maximum absolute atomic E-state index is 11.8. The van der Waals surface area contributed by atoms with Crippen LogP contribution < -0.4 is 4.72 Å². The largest absolute Gasteiger partial charge is 0.284 e. The maximum atomic E-state index is 11.8. The van der Waals surface area contributed by atoms with Gasteiger partial charge in [-0.1, -0.05) is 26.0 Å². The molecule has 0 amide bonds. The third-order valence-electron chi connectivity index (χ3n) is 2.52. The van der Waals surface area contributed by atoms with Gasteiger partial charge < -0.3 is 0 Å². The number of anilines is 1. The smallest absolute Gasteiger partial charge is 0.232 e. The minimum Gasteiger partial charge on any atom is -0.284 e. The number of aromatic amines is 1. The van der Waals surface area contributed by atoms with E-state index >= 15 is 0 Å². The molecule has 5 nitrogen and oxygen atoms in total. The lowest BCUT2D eigenvalue weighted by atomic mass is 10.1. The number of hydrogen-bond donors (Lipinski definition) is 2. The average molecular weight is 279 g/mol. The van der Waals surface area contributed by atoms with Gasteiger partial charge in [0.25, 0.3) is 0 Å². The summed E-state index contributed by atoms with van der Waals surface area (Å²) in [5.74, 6) is 0.219. The summed E-state index contributed by atoms with van der Waals surface area (Å²) in [6, 6.07) is 9.04. The van der Waals surface area contributed by atoms with Crippen molar-refractivity contribution in [2.24, 2.45) is 5.92 Å². The lowest BCUT2D eigenvalue weighted by Crippen LogP contribution is -2.19. The SMILES string of the molecule is CC(C)CS(=O)(=O)Nc1ccc(-c2ccn[nH]2)cc1. The first-order valence-corrected chi connectivity index (χ1v) is 7.72. The Morgan fingerprint density at radius 2 is 1.89 bits per heavy atom. The van der Waals surface area contributed by atoms with Crippen LogP contribution in [0.4, 0.5) is 5.69 Å². The average Bonchev–Trinajstić information content (AvgIpc) is 2.81. The van der Waals surface area contributed by atoms with Crippen molar-refractivity contribution in [2.45, 2.75) is 13.8 Å². The molecule has 0 saturated heterocycles. The van der Waals surface area contributed by atoms with Gasteiger partial charge in [-0.2, -0.15) is 5.10 Å². The molecule has 1 aromatic heterocycles. The van der Waals surface area contributed by atoms with Gasteiger partial charge in [-0.15, -0.1) is 0 Å². The fourth-order valence-corrected chi connectivity index (χ4v) is 3.25. The number of sulfonamides is 1. The van der Waals surface area contributed by atoms with Gasteiger partial charge in [0.05, 0.1) is 11.4 Å². The van der Waals surface area contributed by atoms with Crippen molar-refractivity contribution in [1.82, 2.24) is 10.2 Å². The molecular formula is C13H17N3O2S. The molecule has 1 heterocycles. The monoisotopic (exact) mass is 279 g/mol. The summed E-state index contributed by atoms with van der Waals surface area (Å²) in [6.45, 7) is 3.75. The van der Waals surface area contributed by atoms with Crippen molar-refractivity contribution in [2.75, 3.05) is 10.5 Å². The predicted octanol–water partition coefficient (Wildman–Crippen LogP) is 2.47. The molecule has 0 aliphatic heterocycles. The lowest BCUT2D eigenvalue weighted by molar-refractivity contribution is 0.587. The first-order valence-electron chi connectivity index (χ1n) is 6.06. The summed E-state index contributed by atoms with van der Waals surface area (Å²) >= 11 is 0. The van der Waals surface area contributed by atoms with Gasteiger partial charge >= 0.3 is 0 Å². The van der Waals surface area contributed by atoms with Gasteiger partial charge in [0, 0.05) is 11.9 Å². The van der Waals surface area contributed by atoms with Gasteiger partial charge in [-0.3, -0.25) is 9.82 Å². The Hall–Kier alpha value is -1.82. The Morgan fingerprint density at radius 3 is 2.42 bits per heavy atom. The molecule has 19 heavy (non-hydrogen) atoms. The van der Waals surface area contributed by atoms with Crippen molar-refractivity contribution in [3.63, 3.8) is 0 Å². The quantitative estimate of drug-likeness (QED) is 0.883. The number of H-pyrrole nitrogens is 1. The second kappa shape index (κ2) is 5.44. The minimum absolute atomic E-state index is 0.0989. The first kappa shape index (κ1) is 13.6. The topological polar surface area (TPSA) is 74.8 Å². The van der Waals surface area contributed by atoms with Crippen LogP contribution in [0.5, 0.6) is 0 Å². The zero-order valence-electron chi connectivity index (χ0n) is 10.9. The van der Waals surface area contributed by atoms with E-state index in [4.69, 9.17) is 0 Å². The normalized spacial score (nSPS) is 11.7.